The van der Waals surface area contributed by atoms with E-state index in [1.54, 1.807) is 6.26 Å². The molecule has 0 fully saturated rings. The van der Waals surface area contributed by atoms with Gasteiger partial charge in [-0.05, 0) is 42.2 Å². The summed E-state index contributed by atoms with van der Waals surface area (Å²) in [6.07, 6.45) is 4.26. The van der Waals surface area contributed by atoms with Crippen molar-refractivity contribution < 1.29 is 9.52 Å². The Morgan fingerprint density at radius 1 is 1.00 bits per heavy atom. The molecular formula is C14H15ClO2. The molecule has 0 bridgehead atoms. The fourth-order valence-electron chi connectivity index (χ4n) is 1.74. The van der Waals surface area contributed by atoms with Crippen molar-refractivity contribution in [1.29, 1.82) is 0 Å². The minimum absolute atomic E-state index is 0.129. The second-order valence-electron chi connectivity index (χ2n) is 4.02. The third kappa shape index (κ3) is 3.62. The summed E-state index contributed by atoms with van der Waals surface area (Å²) < 4.78 is 5.33. The number of aliphatic hydroxyl groups is 1. The van der Waals surface area contributed by atoms with Gasteiger partial charge in [-0.3, -0.25) is 0 Å². The predicted octanol–water partition coefficient (Wildman–Crippen LogP) is 3.25. The normalized spacial score (nSPS) is 10.7. The van der Waals surface area contributed by atoms with Gasteiger partial charge in [0.1, 0.15) is 5.76 Å². The maximum Gasteiger partial charge on any atom is 0.106 e. The lowest BCUT2D eigenvalue weighted by Gasteiger charge is -1.99. The molecule has 0 radical (unpaired) electrons. The highest BCUT2D eigenvalue weighted by Gasteiger charge is 2.02. The number of hydrogen-bond donors (Lipinski definition) is 1. The van der Waals surface area contributed by atoms with Crippen molar-refractivity contribution in [1.82, 2.24) is 0 Å². The van der Waals surface area contributed by atoms with Crippen molar-refractivity contribution in [3.63, 3.8) is 0 Å². The van der Waals surface area contributed by atoms with Gasteiger partial charge in [-0.1, -0.05) is 23.7 Å². The molecule has 0 aliphatic carbocycles. The summed E-state index contributed by atoms with van der Waals surface area (Å²) in [7, 11) is 0. The first kappa shape index (κ1) is 12.2. The number of rotatable bonds is 5. The third-order valence-electron chi connectivity index (χ3n) is 2.68. The molecular weight excluding hydrogens is 236 g/mol. The molecule has 0 spiro atoms. The summed E-state index contributed by atoms with van der Waals surface area (Å²) >= 11 is 5.83. The molecule has 1 aromatic carbocycles. The molecule has 0 aliphatic rings. The number of benzene rings is 1. The molecule has 0 atom stereocenters. The Bertz CT molecular complexity index is 459. The van der Waals surface area contributed by atoms with E-state index in [1.165, 1.54) is 11.1 Å². The minimum Gasteiger partial charge on any atom is -0.469 e. The molecule has 1 N–H and O–H groups in total. The van der Waals surface area contributed by atoms with Crippen LogP contribution in [-0.4, -0.2) is 11.7 Å². The van der Waals surface area contributed by atoms with Gasteiger partial charge in [-0.15, -0.1) is 0 Å². The largest absolute Gasteiger partial charge is 0.469 e. The molecule has 1 aromatic heterocycles. The van der Waals surface area contributed by atoms with E-state index in [2.05, 4.69) is 0 Å². The molecule has 0 unspecified atom stereocenters. The summed E-state index contributed by atoms with van der Waals surface area (Å²) in [5.41, 5.74) is 2.43. The van der Waals surface area contributed by atoms with E-state index in [-0.39, 0.29) is 6.61 Å². The van der Waals surface area contributed by atoms with Crippen LogP contribution in [0.2, 0.25) is 5.02 Å². The van der Waals surface area contributed by atoms with E-state index in [1.807, 2.05) is 30.3 Å². The SMILES string of the molecule is OCCc1cc(CCc2ccc(Cl)cc2)co1. The zero-order valence-corrected chi connectivity index (χ0v) is 10.3. The maximum absolute atomic E-state index is 8.79. The van der Waals surface area contributed by atoms with E-state index >= 15 is 0 Å². The minimum atomic E-state index is 0.129. The highest BCUT2D eigenvalue weighted by Crippen LogP contribution is 2.14. The van der Waals surface area contributed by atoms with E-state index in [4.69, 9.17) is 21.1 Å². The van der Waals surface area contributed by atoms with Crippen LogP contribution >= 0.6 is 11.6 Å². The second-order valence-corrected chi connectivity index (χ2v) is 4.46. The van der Waals surface area contributed by atoms with E-state index < -0.39 is 0 Å². The van der Waals surface area contributed by atoms with Gasteiger partial charge in [0.25, 0.3) is 0 Å². The Kier molecular flexibility index (Phi) is 4.24. The van der Waals surface area contributed by atoms with Crippen LogP contribution in [0.3, 0.4) is 0 Å². The van der Waals surface area contributed by atoms with E-state index in [0.717, 1.165) is 23.6 Å². The van der Waals surface area contributed by atoms with Crippen LogP contribution in [0.1, 0.15) is 16.9 Å². The Hall–Kier alpha value is -1.25. The third-order valence-corrected chi connectivity index (χ3v) is 2.93. The Labute approximate surface area is 106 Å². The van der Waals surface area contributed by atoms with Crippen LogP contribution in [0.5, 0.6) is 0 Å². The molecule has 17 heavy (non-hydrogen) atoms. The molecule has 0 saturated carbocycles. The summed E-state index contributed by atoms with van der Waals surface area (Å²) in [4.78, 5) is 0. The highest BCUT2D eigenvalue weighted by atomic mass is 35.5. The quantitative estimate of drug-likeness (QED) is 0.884. The second kappa shape index (κ2) is 5.89. The number of hydrogen-bond acceptors (Lipinski definition) is 2. The molecule has 0 amide bonds. The topological polar surface area (TPSA) is 33.4 Å². The van der Waals surface area contributed by atoms with Crippen LogP contribution in [0, 0.1) is 0 Å². The Morgan fingerprint density at radius 3 is 2.41 bits per heavy atom. The van der Waals surface area contributed by atoms with Crippen LogP contribution < -0.4 is 0 Å². The smallest absolute Gasteiger partial charge is 0.106 e. The van der Waals surface area contributed by atoms with Crippen LogP contribution in [0.25, 0.3) is 0 Å². The molecule has 3 heteroatoms. The van der Waals surface area contributed by atoms with Gasteiger partial charge in [0, 0.05) is 11.4 Å². The summed E-state index contributed by atoms with van der Waals surface area (Å²) in [6, 6.07) is 9.90. The van der Waals surface area contributed by atoms with Gasteiger partial charge in [0.05, 0.1) is 12.9 Å². The predicted molar refractivity (Wildman–Crippen MR) is 68.4 cm³/mol. The fraction of sp³-hybridized carbons (Fsp3) is 0.286. The summed E-state index contributed by atoms with van der Waals surface area (Å²) in [6.45, 7) is 0.129. The van der Waals surface area contributed by atoms with Crippen molar-refractivity contribution in [3.8, 4) is 0 Å². The average Bonchev–Trinajstić information content (AvgIpc) is 2.77. The summed E-state index contributed by atoms with van der Waals surface area (Å²) in [5.74, 6) is 0.846. The lowest BCUT2D eigenvalue weighted by Crippen LogP contribution is -1.90. The first-order valence-electron chi connectivity index (χ1n) is 5.69. The van der Waals surface area contributed by atoms with Gasteiger partial charge in [-0.25, -0.2) is 0 Å². The molecule has 2 nitrogen and oxygen atoms in total. The lowest BCUT2D eigenvalue weighted by molar-refractivity contribution is 0.288. The zero-order chi connectivity index (χ0) is 12.1. The van der Waals surface area contributed by atoms with Crippen LogP contribution in [0.15, 0.2) is 41.0 Å². The van der Waals surface area contributed by atoms with Crippen molar-refractivity contribution in [3.05, 3.63) is 58.5 Å². The van der Waals surface area contributed by atoms with Gasteiger partial charge < -0.3 is 9.52 Å². The lowest BCUT2D eigenvalue weighted by atomic mass is 10.1. The van der Waals surface area contributed by atoms with Crippen molar-refractivity contribution >= 4 is 11.6 Å². The summed E-state index contributed by atoms with van der Waals surface area (Å²) in [5, 5.41) is 9.56. The molecule has 0 aliphatic heterocycles. The number of aryl methyl sites for hydroxylation is 2. The zero-order valence-electron chi connectivity index (χ0n) is 9.53. The van der Waals surface area contributed by atoms with E-state index in [9.17, 15) is 0 Å². The molecule has 90 valence electrons. The van der Waals surface area contributed by atoms with Gasteiger partial charge >= 0.3 is 0 Å². The molecule has 0 saturated heterocycles. The van der Waals surface area contributed by atoms with Crippen molar-refractivity contribution in [2.45, 2.75) is 19.3 Å². The van der Waals surface area contributed by atoms with Crippen LogP contribution in [0.4, 0.5) is 0 Å². The molecule has 2 aromatic rings. The van der Waals surface area contributed by atoms with Gasteiger partial charge in [0.2, 0.25) is 0 Å². The fourth-order valence-corrected chi connectivity index (χ4v) is 1.86. The molecule has 2 rings (SSSR count). The van der Waals surface area contributed by atoms with E-state index in [0.29, 0.717) is 6.42 Å². The van der Waals surface area contributed by atoms with Gasteiger partial charge in [0.15, 0.2) is 0 Å². The number of halogens is 1. The monoisotopic (exact) mass is 250 g/mol. The maximum atomic E-state index is 8.79. The Balaban J connectivity index is 1.90. The average molecular weight is 251 g/mol. The Morgan fingerprint density at radius 2 is 1.71 bits per heavy atom. The van der Waals surface area contributed by atoms with Crippen molar-refractivity contribution in [2.75, 3.05) is 6.61 Å². The first-order valence-corrected chi connectivity index (χ1v) is 6.07. The highest BCUT2D eigenvalue weighted by molar-refractivity contribution is 6.30. The number of aliphatic hydroxyl groups excluding tert-OH is 1. The number of furan rings is 1. The first-order chi connectivity index (χ1) is 8.28. The van der Waals surface area contributed by atoms with Gasteiger partial charge in [-0.2, -0.15) is 0 Å². The van der Waals surface area contributed by atoms with Crippen molar-refractivity contribution in [2.24, 2.45) is 0 Å². The molecule has 1 heterocycles. The van der Waals surface area contributed by atoms with Crippen LogP contribution in [-0.2, 0) is 19.3 Å². The standard InChI is InChI=1S/C14H15ClO2/c15-13-5-3-11(4-6-13)1-2-12-9-14(7-8-16)17-10-12/h3-6,9-10,16H,1-2,7-8H2.